The summed E-state index contributed by atoms with van der Waals surface area (Å²) in [6.45, 7) is 1.27. The lowest BCUT2D eigenvalue weighted by Crippen LogP contribution is -2.11. The minimum absolute atomic E-state index is 0.322. The van der Waals surface area contributed by atoms with Gasteiger partial charge in [0.15, 0.2) is 11.5 Å². The van der Waals surface area contributed by atoms with Crippen LogP contribution in [0.2, 0.25) is 9.36 Å². The number of hydrogen-bond donors (Lipinski definition) is 1. The predicted octanol–water partition coefficient (Wildman–Crippen LogP) is 4.26. The van der Waals surface area contributed by atoms with Crippen molar-refractivity contribution in [2.75, 3.05) is 13.2 Å². The molecule has 1 aromatic heterocycles. The molecule has 3 rings (SSSR count). The summed E-state index contributed by atoms with van der Waals surface area (Å²) < 4.78 is 12.0. The van der Waals surface area contributed by atoms with Gasteiger partial charge in [-0.1, -0.05) is 23.2 Å². The van der Waals surface area contributed by atoms with Gasteiger partial charge in [-0.05, 0) is 23.8 Å². The average molecular weight is 330 g/mol. The summed E-state index contributed by atoms with van der Waals surface area (Å²) in [4.78, 5) is 0.964. The Hall–Kier alpha value is -0.940. The van der Waals surface area contributed by atoms with Gasteiger partial charge in [0.1, 0.15) is 0 Å². The van der Waals surface area contributed by atoms with E-state index in [0.29, 0.717) is 34.1 Å². The van der Waals surface area contributed by atoms with Crippen LogP contribution in [-0.4, -0.2) is 13.2 Å². The molecule has 2 heterocycles. The van der Waals surface area contributed by atoms with Crippen molar-refractivity contribution in [2.24, 2.45) is 5.73 Å². The Morgan fingerprint density at radius 1 is 1.10 bits per heavy atom. The molecule has 2 N–H and O–H groups in total. The van der Waals surface area contributed by atoms with Gasteiger partial charge >= 0.3 is 0 Å². The summed E-state index contributed by atoms with van der Waals surface area (Å²) in [6, 6.07) is 7.06. The molecule has 0 aliphatic carbocycles. The van der Waals surface area contributed by atoms with E-state index < -0.39 is 0 Å². The van der Waals surface area contributed by atoms with Crippen molar-refractivity contribution in [3.8, 4) is 11.5 Å². The van der Waals surface area contributed by atoms with Crippen molar-refractivity contribution >= 4 is 34.5 Å². The zero-order valence-electron chi connectivity index (χ0n) is 10.6. The lowest BCUT2D eigenvalue weighted by Gasteiger charge is -2.15. The maximum absolute atomic E-state index is 6.32. The van der Waals surface area contributed by atoms with Crippen LogP contribution < -0.4 is 15.2 Å². The van der Waals surface area contributed by atoms with E-state index in [1.54, 1.807) is 6.07 Å². The maximum Gasteiger partial charge on any atom is 0.162 e. The minimum atomic E-state index is -0.322. The zero-order valence-corrected chi connectivity index (χ0v) is 12.9. The lowest BCUT2D eigenvalue weighted by atomic mass is 10.1. The van der Waals surface area contributed by atoms with E-state index in [2.05, 4.69) is 0 Å². The van der Waals surface area contributed by atoms with Gasteiger partial charge in [0.05, 0.1) is 23.6 Å². The van der Waals surface area contributed by atoms with Crippen LogP contribution in [0.1, 0.15) is 22.9 Å². The Morgan fingerprint density at radius 3 is 2.45 bits per heavy atom. The van der Waals surface area contributed by atoms with Gasteiger partial charge in [0.2, 0.25) is 0 Å². The summed E-state index contributed by atoms with van der Waals surface area (Å²) in [6.07, 6.45) is 0.855. The van der Waals surface area contributed by atoms with Crippen LogP contribution >= 0.6 is 34.5 Å². The highest BCUT2D eigenvalue weighted by molar-refractivity contribution is 7.16. The Bertz CT molecular complexity index is 630. The highest BCUT2D eigenvalue weighted by Crippen LogP contribution is 2.39. The van der Waals surface area contributed by atoms with Crippen LogP contribution in [0.5, 0.6) is 11.5 Å². The summed E-state index contributed by atoms with van der Waals surface area (Å²) in [7, 11) is 0. The summed E-state index contributed by atoms with van der Waals surface area (Å²) in [5.41, 5.74) is 7.09. The molecule has 2 aromatic rings. The molecule has 3 nitrogen and oxygen atoms in total. The van der Waals surface area contributed by atoms with Gasteiger partial charge < -0.3 is 15.2 Å². The maximum atomic E-state index is 6.32. The van der Waals surface area contributed by atoms with Crippen LogP contribution in [0.15, 0.2) is 24.3 Å². The topological polar surface area (TPSA) is 44.5 Å². The smallest absolute Gasteiger partial charge is 0.162 e. The first-order valence-electron chi connectivity index (χ1n) is 6.25. The number of rotatable bonds is 2. The summed E-state index contributed by atoms with van der Waals surface area (Å²) >= 11 is 13.7. The lowest BCUT2D eigenvalue weighted by molar-refractivity contribution is 0.297. The molecule has 0 bridgehead atoms. The Morgan fingerprint density at radius 2 is 1.80 bits per heavy atom. The summed E-state index contributed by atoms with van der Waals surface area (Å²) in [5.74, 6) is 1.37. The highest BCUT2D eigenvalue weighted by Gasteiger charge is 2.20. The van der Waals surface area contributed by atoms with E-state index in [-0.39, 0.29) is 6.04 Å². The molecule has 0 radical (unpaired) electrons. The molecule has 1 aliphatic rings. The fraction of sp³-hybridized carbons (Fsp3) is 0.286. The van der Waals surface area contributed by atoms with Crippen LogP contribution in [0.25, 0.3) is 0 Å². The normalized spacial score (nSPS) is 15.8. The van der Waals surface area contributed by atoms with Crippen LogP contribution in [0, 0.1) is 0 Å². The van der Waals surface area contributed by atoms with E-state index >= 15 is 0 Å². The molecule has 0 fully saturated rings. The molecule has 0 saturated heterocycles. The van der Waals surface area contributed by atoms with E-state index in [9.17, 15) is 0 Å². The quantitative estimate of drug-likeness (QED) is 0.895. The number of halogens is 2. The first kappa shape index (κ1) is 14.0. The van der Waals surface area contributed by atoms with Gasteiger partial charge in [0.25, 0.3) is 0 Å². The first-order chi connectivity index (χ1) is 9.65. The van der Waals surface area contributed by atoms with Gasteiger partial charge in [-0.15, -0.1) is 11.3 Å². The fourth-order valence-corrected chi connectivity index (χ4v) is 3.44. The molecule has 20 heavy (non-hydrogen) atoms. The van der Waals surface area contributed by atoms with E-state index in [1.807, 2.05) is 18.2 Å². The van der Waals surface area contributed by atoms with Crippen molar-refractivity contribution in [3.63, 3.8) is 0 Å². The number of thiophene rings is 1. The van der Waals surface area contributed by atoms with Gasteiger partial charge in [0, 0.05) is 22.4 Å². The monoisotopic (exact) mass is 329 g/mol. The predicted molar refractivity (Wildman–Crippen MR) is 82.4 cm³/mol. The van der Waals surface area contributed by atoms with Crippen molar-refractivity contribution in [3.05, 3.63) is 44.1 Å². The van der Waals surface area contributed by atoms with E-state index in [4.69, 9.17) is 38.4 Å². The molecule has 0 saturated carbocycles. The Kier molecular flexibility index (Phi) is 4.08. The molecule has 1 unspecified atom stereocenters. The highest BCUT2D eigenvalue weighted by atomic mass is 35.5. The molecule has 1 aliphatic heterocycles. The molecule has 106 valence electrons. The second kappa shape index (κ2) is 5.82. The Balaban J connectivity index is 1.99. The number of nitrogens with two attached hydrogens (primary N) is 1. The number of benzene rings is 1. The molecular weight excluding hydrogens is 317 g/mol. The fourth-order valence-electron chi connectivity index (χ4n) is 2.09. The van der Waals surface area contributed by atoms with Crippen LogP contribution in [0.4, 0.5) is 0 Å². The Labute approximate surface area is 131 Å². The molecule has 0 amide bonds. The third-order valence-electron chi connectivity index (χ3n) is 3.10. The first-order valence-corrected chi connectivity index (χ1v) is 7.82. The molecule has 6 heteroatoms. The van der Waals surface area contributed by atoms with Crippen LogP contribution in [-0.2, 0) is 0 Å². The molecular formula is C14H13Cl2NO2S. The summed E-state index contributed by atoms with van der Waals surface area (Å²) in [5, 5.41) is 0.575. The van der Waals surface area contributed by atoms with Crippen molar-refractivity contribution in [2.45, 2.75) is 12.5 Å². The van der Waals surface area contributed by atoms with Crippen molar-refractivity contribution in [1.82, 2.24) is 0 Å². The number of hydrogen-bond acceptors (Lipinski definition) is 4. The standard InChI is InChI=1S/C14H13Cl2NO2S/c15-9-7-11-10(18-4-1-5-19-11)6-8(9)14(17)12-2-3-13(16)20-12/h2-3,6-7,14H,1,4-5,17H2. The second-order valence-electron chi connectivity index (χ2n) is 4.49. The second-order valence-corrected chi connectivity index (χ2v) is 6.64. The largest absolute Gasteiger partial charge is 0.490 e. The molecule has 0 spiro atoms. The third kappa shape index (κ3) is 2.74. The van der Waals surface area contributed by atoms with Gasteiger partial charge in [-0.3, -0.25) is 0 Å². The minimum Gasteiger partial charge on any atom is -0.490 e. The number of ether oxygens (including phenoxy) is 2. The SMILES string of the molecule is NC(c1ccc(Cl)s1)c1cc2c(cc1Cl)OCCCO2. The van der Waals surface area contributed by atoms with E-state index in [0.717, 1.165) is 16.9 Å². The number of fused-ring (bicyclic) bond motifs is 1. The van der Waals surface area contributed by atoms with Gasteiger partial charge in [-0.25, -0.2) is 0 Å². The van der Waals surface area contributed by atoms with Gasteiger partial charge in [-0.2, -0.15) is 0 Å². The molecule has 1 aromatic carbocycles. The molecule has 1 atom stereocenters. The van der Waals surface area contributed by atoms with Crippen molar-refractivity contribution < 1.29 is 9.47 Å². The average Bonchev–Trinajstić information content (AvgIpc) is 2.73. The van der Waals surface area contributed by atoms with E-state index in [1.165, 1.54) is 11.3 Å². The van der Waals surface area contributed by atoms with Crippen molar-refractivity contribution in [1.29, 1.82) is 0 Å². The third-order valence-corrected chi connectivity index (χ3v) is 4.74. The van der Waals surface area contributed by atoms with Crippen LogP contribution in [0.3, 0.4) is 0 Å². The zero-order chi connectivity index (χ0) is 14.1.